The van der Waals surface area contributed by atoms with Crippen LogP contribution >= 0.6 is 0 Å². The first-order chi connectivity index (χ1) is 17.2. The average Bonchev–Trinajstić information content (AvgIpc) is 3.12. The van der Waals surface area contributed by atoms with Gasteiger partial charge in [0.05, 0.1) is 18.2 Å². The van der Waals surface area contributed by atoms with Crippen molar-refractivity contribution in [3.05, 3.63) is 101 Å². The standard InChI is InChI=1S/C30H32N2O4/c1-5-16-36-24-10-6-9-22(17-24)27(33)25-26(21-11-13-23(14-12-21)30(2,3)4)32(29(35)28(25)34)19-20-8-7-15-31-18-20/h6-15,17-18,26,33H,5,16,19H2,1-4H3. The number of aliphatic hydroxyl groups excluding tert-OH is 1. The lowest BCUT2D eigenvalue weighted by Gasteiger charge is -2.26. The van der Waals surface area contributed by atoms with Gasteiger partial charge in [0.25, 0.3) is 11.7 Å². The van der Waals surface area contributed by atoms with Crippen molar-refractivity contribution in [2.75, 3.05) is 6.61 Å². The maximum atomic E-state index is 13.3. The van der Waals surface area contributed by atoms with Crippen LogP contribution in [0, 0.1) is 0 Å². The summed E-state index contributed by atoms with van der Waals surface area (Å²) in [5.74, 6) is -0.977. The molecule has 1 amide bonds. The van der Waals surface area contributed by atoms with Gasteiger partial charge in [-0.3, -0.25) is 14.6 Å². The van der Waals surface area contributed by atoms with Gasteiger partial charge in [-0.2, -0.15) is 0 Å². The predicted octanol–water partition coefficient (Wildman–Crippen LogP) is 5.79. The van der Waals surface area contributed by atoms with Gasteiger partial charge in [0, 0.05) is 24.5 Å². The maximum absolute atomic E-state index is 13.3. The van der Waals surface area contributed by atoms with Crippen molar-refractivity contribution in [2.45, 2.75) is 52.1 Å². The van der Waals surface area contributed by atoms with Crippen LogP contribution < -0.4 is 4.74 Å². The van der Waals surface area contributed by atoms with Crippen LogP contribution in [0.5, 0.6) is 5.75 Å². The van der Waals surface area contributed by atoms with Gasteiger partial charge in [-0.05, 0) is 46.7 Å². The molecule has 1 atom stereocenters. The van der Waals surface area contributed by atoms with Gasteiger partial charge >= 0.3 is 0 Å². The maximum Gasteiger partial charge on any atom is 0.295 e. The zero-order valence-electron chi connectivity index (χ0n) is 21.2. The fourth-order valence-corrected chi connectivity index (χ4v) is 4.35. The van der Waals surface area contributed by atoms with Crippen LogP contribution in [0.25, 0.3) is 5.76 Å². The van der Waals surface area contributed by atoms with Gasteiger partial charge in [0.2, 0.25) is 0 Å². The zero-order chi connectivity index (χ0) is 25.9. The molecular formula is C30H32N2O4. The van der Waals surface area contributed by atoms with Crippen LogP contribution in [0.3, 0.4) is 0 Å². The topological polar surface area (TPSA) is 79.7 Å². The highest BCUT2D eigenvalue weighted by atomic mass is 16.5. The molecule has 36 heavy (non-hydrogen) atoms. The largest absolute Gasteiger partial charge is 0.507 e. The number of hydrogen-bond donors (Lipinski definition) is 1. The Labute approximate surface area is 212 Å². The lowest BCUT2D eigenvalue weighted by atomic mass is 9.85. The van der Waals surface area contributed by atoms with Crippen LogP contribution in [-0.2, 0) is 21.5 Å². The first-order valence-corrected chi connectivity index (χ1v) is 12.2. The molecule has 0 radical (unpaired) electrons. The molecule has 1 aliphatic rings. The van der Waals surface area contributed by atoms with E-state index in [2.05, 4.69) is 25.8 Å². The number of benzene rings is 2. The van der Waals surface area contributed by atoms with Crippen molar-refractivity contribution in [1.29, 1.82) is 0 Å². The smallest absolute Gasteiger partial charge is 0.295 e. The van der Waals surface area contributed by atoms with Gasteiger partial charge in [0.1, 0.15) is 11.5 Å². The summed E-state index contributed by atoms with van der Waals surface area (Å²) in [5, 5.41) is 11.4. The number of nitrogens with zero attached hydrogens (tertiary/aromatic N) is 2. The molecule has 1 N–H and O–H groups in total. The molecule has 2 aromatic carbocycles. The van der Waals surface area contributed by atoms with E-state index in [9.17, 15) is 14.7 Å². The van der Waals surface area contributed by atoms with E-state index in [-0.39, 0.29) is 23.3 Å². The van der Waals surface area contributed by atoms with Crippen molar-refractivity contribution in [1.82, 2.24) is 9.88 Å². The van der Waals surface area contributed by atoms with E-state index in [1.54, 1.807) is 42.7 Å². The molecule has 0 bridgehead atoms. The molecule has 6 heteroatoms. The normalized spacial score (nSPS) is 17.4. The Morgan fingerprint density at radius 3 is 2.44 bits per heavy atom. The molecule has 4 rings (SSSR count). The second-order valence-corrected chi connectivity index (χ2v) is 10.0. The molecule has 0 saturated carbocycles. The van der Waals surface area contributed by atoms with E-state index >= 15 is 0 Å². The second kappa shape index (κ2) is 10.4. The number of pyridine rings is 1. The first kappa shape index (κ1) is 25.2. The van der Waals surface area contributed by atoms with E-state index in [1.165, 1.54) is 4.90 Å². The number of rotatable bonds is 7. The van der Waals surface area contributed by atoms with Crippen molar-refractivity contribution in [3.8, 4) is 5.75 Å². The number of aromatic nitrogens is 1. The summed E-state index contributed by atoms with van der Waals surface area (Å²) < 4.78 is 5.71. The van der Waals surface area contributed by atoms with E-state index in [4.69, 9.17) is 4.74 Å². The highest BCUT2D eigenvalue weighted by molar-refractivity contribution is 6.46. The third kappa shape index (κ3) is 5.18. The molecule has 6 nitrogen and oxygen atoms in total. The van der Waals surface area contributed by atoms with Crippen molar-refractivity contribution in [3.63, 3.8) is 0 Å². The Morgan fingerprint density at radius 2 is 1.81 bits per heavy atom. The Morgan fingerprint density at radius 1 is 1.06 bits per heavy atom. The molecule has 0 aliphatic carbocycles. The summed E-state index contributed by atoms with van der Waals surface area (Å²) in [7, 11) is 0. The highest BCUT2D eigenvalue weighted by Gasteiger charge is 2.46. The number of aliphatic hydroxyl groups is 1. The number of likely N-dealkylation sites (tertiary alicyclic amines) is 1. The summed E-state index contributed by atoms with van der Waals surface area (Å²) in [6.07, 6.45) is 4.18. The van der Waals surface area contributed by atoms with Crippen LogP contribution in [-0.4, -0.2) is 33.3 Å². The van der Waals surface area contributed by atoms with Crippen molar-refractivity contribution in [2.24, 2.45) is 0 Å². The monoisotopic (exact) mass is 484 g/mol. The molecule has 1 aromatic heterocycles. The van der Waals surface area contributed by atoms with E-state index in [0.29, 0.717) is 17.9 Å². The molecule has 2 heterocycles. The number of amides is 1. The number of carbonyl (C=O) groups is 2. The van der Waals surface area contributed by atoms with Gasteiger partial charge in [-0.1, -0.05) is 70.2 Å². The summed E-state index contributed by atoms with van der Waals surface area (Å²) in [6.45, 7) is 9.14. The number of ketones is 1. The number of ether oxygens (including phenoxy) is 1. The predicted molar refractivity (Wildman–Crippen MR) is 139 cm³/mol. The Bertz CT molecular complexity index is 1270. The molecule has 1 aliphatic heterocycles. The molecule has 186 valence electrons. The van der Waals surface area contributed by atoms with Gasteiger partial charge in [-0.15, -0.1) is 0 Å². The number of hydrogen-bond acceptors (Lipinski definition) is 5. The summed E-state index contributed by atoms with van der Waals surface area (Å²) in [4.78, 5) is 32.2. The van der Waals surface area contributed by atoms with Crippen LogP contribution in [0.2, 0.25) is 0 Å². The molecular weight excluding hydrogens is 452 g/mol. The second-order valence-electron chi connectivity index (χ2n) is 10.0. The fraction of sp³-hybridized carbons (Fsp3) is 0.300. The molecule has 1 saturated heterocycles. The van der Waals surface area contributed by atoms with Crippen LogP contribution in [0.4, 0.5) is 0 Å². The molecule has 1 fully saturated rings. The van der Waals surface area contributed by atoms with E-state index in [0.717, 1.165) is 23.1 Å². The molecule has 1 unspecified atom stereocenters. The zero-order valence-corrected chi connectivity index (χ0v) is 21.2. The third-order valence-corrected chi connectivity index (χ3v) is 6.29. The van der Waals surface area contributed by atoms with Gasteiger partial charge in [-0.25, -0.2) is 0 Å². The quantitative estimate of drug-likeness (QED) is 0.261. The van der Waals surface area contributed by atoms with E-state index < -0.39 is 17.7 Å². The van der Waals surface area contributed by atoms with Gasteiger partial charge in [0.15, 0.2) is 0 Å². The minimum atomic E-state index is -0.737. The number of carbonyl (C=O) groups excluding carboxylic acids is 2. The average molecular weight is 485 g/mol. The third-order valence-electron chi connectivity index (χ3n) is 6.29. The first-order valence-electron chi connectivity index (χ1n) is 12.2. The van der Waals surface area contributed by atoms with Gasteiger partial charge < -0.3 is 14.7 Å². The fourth-order valence-electron chi connectivity index (χ4n) is 4.35. The Balaban J connectivity index is 1.82. The van der Waals surface area contributed by atoms with Crippen molar-refractivity contribution >= 4 is 17.4 Å². The number of Topliss-reactive ketones (excluding diaryl/α,β-unsaturated/α-hetero) is 1. The minimum Gasteiger partial charge on any atom is -0.507 e. The minimum absolute atomic E-state index is 0.0467. The highest BCUT2D eigenvalue weighted by Crippen LogP contribution is 2.41. The lowest BCUT2D eigenvalue weighted by Crippen LogP contribution is -2.29. The summed E-state index contributed by atoms with van der Waals surface area (Å²) in [5.41, 5.74) is 3.14. The SMILES string of the molecule is CCCOc1cccc(C(O)=C2C(=O)C(=O)N(Cc3cccnc3)C2c2ccc(C(C)(C)C)cc2)c1. The Hall–Kier alpha value is -3.93. The van der Waals surface area contributed by atoms with E-state index in [1.807, 2.05) is 37.3 Å². The lowest BCUT2D eigenvalue weighted by molar-refractivity contribution is -0.140. The summed E-state index contributed by atoms with van der Waals surface area (Å²) in [6, 6.07) is 17.8. The summed E-state index contributed by atoms with van der Waals surface area (Å²) >= 11 is 0. The van der Waals surface area contributed by atoms with Crippen molar-refractivity contribution < 1.29 is 19.4 Å². The van der Waals surface area contributed by atoms with Crippen LogP contribution in [0.15, 0.2) is 78.6 Å². The molecule has 3 aromatic rings. The Kier molecular flexibility index (Phi) is 7.25. The van der Waals surface area contributed by atoms with Crippen LogP contribution in [0.1, 0.15) is 62.4 Å². The molecule has 0 spiro atoms.